The Morgan fingerprint density at radius 2 is 2.24 bits per heavy atom. The molecule has 94 valence electrons. The van der Waals surface area contributed by atoms with Crippen molar-refractivity contribution in [3.05, 3.63) is 29.6 Å². The molecule has 1 atom stereocenters. The molecule has 1 saturated carbocycles. The van der Waals surface area contributed by atoms with Crippen LogP contribution in [0.5, 0.6) is 0 Å². The highest BCUT2D eigenvalue weighted by Gasteiger charge is 2.28. The number of rotatable bonds is 6. The van der Waals surface area contributed by atoms with Gasteiger partial charge in [0.1, 0.15) is 0 Å². The maximum atomic E-state index is 4.30. The first kappa shape index (κ1) is 12.5. The van der Waals surface area contributed by atoms with Crippen molar-refractivity contribution in [2.45, 2.75) is 45.3 Å². The maximum absolute atomic E-state index is 4.30. The summed E-state index contributed by atoms with van der Waals surface area (Å²) in [4.78, 5) is 6.79. The van der Waals surface area contributed by atoms with E-state index in [-0.39, 0.29) is 0 Å². The van der Waals surface area contributed by atoms with Crippen LogP contribution in [-0.4, -0.2) is 35.6 Å². The summed E-state index contributed by atoms with van der Waals surface area (Å²) in [6, 6.07) is 5.66. The average Bonchev–Trinajstić information content (AvgIpc) is 3.14. The fourth-order valence-electron chi connectivity index (χ4n) is 2.01. The molecule has 3 heteroatoms. The van der Waals surface area contributed by atoms with Crippen molar-refractivity contribution in [2.24, 2.45) is 0 Å². The summed E-state index contributed by atoms with van der Waals surface area (Å²) in [7, 11) is 2.23. The van der Waals surface area contributed by atoms with E-state index in [1.165, 1.54) is 18.4 Å². The first-order valence-corrected chi connectivity index (χ1v) is 6.51. The smallest absolute Gasteiger partial charge is 0.0372 e. The Bertz CT molecular complexity index is 343. The van der Waals surface area contributed by atoms with Crippen LogP contribution in [0.3, 0.4) is 0 Å². The molecule has 1 aromatic heterocycles. The van der Waals surface area contributed by atoms with E-state index < -0.39 is 0 Å². The molecular formula is C14H23N3. The molecule has 1 fully saturated rings. The van der Waals surface area contributed by atoms with Crippen LogP contribution in [0.4, 0.5) is 0 Å². The van der Waals surface area contributed by atoms with Gasteiger partial charge in [-0.25, -0.2) is 0 Å². The van der Waals surface area contributed by atoms with Crippen LogP contribution in [0.2, 0.25) is 0 Å². The Balaban J connectivity index is 1.69. The molecule has 1 aromatic rings. The molecule has 0 aliphatic heterocycles. The van der Waals surface area contributed by atoms with Crippen LogP contribution in [0.25, 0.3) is 0 Å². The van der Waals surface area contributed by atoms with Crippen molar-refractivity contribution in [3.8, 4) is 0 Å². The van der Waals surface area contributed by atoms with Gasteiger partial charge < -0.3 is 5.32 Å². The highest BCUT2D eigenvalue weighted by Crippen LogP contribution is 2.26. The fraction of sp³-hybridized carbons (Fsp3) is 0.643. The predicted molar refractivity (Wildman–Crippen MR) is 70.9 cm³/mol. The first-order valence-electron chi connectivity index (χ1n) is 6.51. The molecule has 1 aliphatic rings. The van der Waals surface area contributed by atoms with Gasteiger partial charge in [-0.05, 0) is 45.4 Å². The number of nitrogens with zero attached hydrogens (tertiary/aromatic N) is 2. The molecule has 1 aliphatic carbocycles. The lowest BCUT2D eigenvalue weighted by molar-refractivity contribution is 0.241. The van der Waals surface area contributed by atoms with Gasteiger partial charge in [0.15, 0.2) is 0 Å². The average molecular weight is 233 g/mol. The van der Waals surface area contributed by atoms with Crippen molar-refractivity contribution in [1.29, 1.82) is 0 Å². The predicted octanol–water partition coefficient (Wildman–Crippen LogP) is 1.96. The van der Waals surface area contributed by atoms with Gasteiger partial charge in [-0.1, -0.05) is 6.07 Å². The quantitative estimate of drug-likeness (QED) is 0.814. The van der Waals surface area contributed by atoms with E-state index in [1.807, 2.05) is 13.1 Å². The van der Waals surface area contributed by atoms with E-state index in [2.05, 4.69) is 41.3 Å². The van der Waals surface area contributed by atoms with Crippen LogP contribution in [-0.2, 0) is 6.54 Å². The second-order valence-electron chi connectivity index (χ2n) is 5.18. The number of aryl methyl sites for hydroxylation is 1. The molecule has 2 rings (SSSR count). The largest absolute Gasteiger partial charge is 0.311 e. The summed E-state index contributed by atoms with van der Waals surface area (Å²) in [6.07, 6.45) is 4.71. The summed E-state index contributed by atoms with van der Waals surface area (Å²) >= 11 is 0. The molecule has 1 N–H and O–H groups in total. The maximum Gasteiger partial charge on any atom is 0.0372 e. The zero-order valence-electron chi connectivity index (χ0n) is 11.1. The van der Waals surface area contributed by atoms with Crippen molar-refractivity contribution in [3.63, 3.8) is 0 Å². The molecule has 17 heavy (non-hydrogen) atoms. The second-order valence-corrected chi connectivity index (χ2v) is 5.18. The van der Waals surface area contributed by atoms with Crippen molar-refractivity contribution < 1.29 is 0 Å². The van der Waals surface area contributed by atoms with Crippen LogP contribution in [0.15, 0.2) is 18.3 Å². The lowest BCUT2D eigenvalue weighted by Gasteiger charge is -2.24. The molecule has 0 aromatic carbocycles. The fourth-order valence-corrected chi connectivity index (χ4v) is 2.01. The zero-order chi connectivity index (χ0) is 12.3. The van der Waals surface area contributed by atoms with Crippen LogP contribution in [0, 0.1) is 6.92 Å². The highest BCUT2D eigenvalue weighted by molar-refractivity contribution is 5.12. The van der Waals surface area contributed by atoms with E-state index in [0.717, 1.165) is 24.8 Å². The van der Waals surface area contributed by atoms with Crippen LogP contribution < -0.4 is 5.32 Å². The van der Waals surface area contributed by atoms with Crippen molar-refractivity contribution >= 4 is 0 Å². The second kappa shape index (κ2) is 5.61. The number of nitrogens with one attached hydrogen (secondary N) is 1. The normalized spacial score (nSPS) is 17.4. The van der Waals surface area contributed by atoms with Crippen LogP contribution in [0.1, 0.15) is 31.0 Å². The molecule has 0 bridgehead atoms. The van der Waals surface area contributed by atoms with E-state index in [1.54, 1.807) is 0 Å². The third-order valence-corrected chi connectivity index (χ3v) is 3.56. The number of hydrogen-bond donors (Lipinski definition) is 1. The summed E-state index contributed by atoms with van der Waals surface area (Å²) in [5.41, 5.74) is 2.34. The molecule has 3 nitrogen and oxygen atoms in total. The Kier molecular flexibility index (Phi) is 4.13. The summed E-state index contributed by atoms with van der Waals surface area (Å²) < 4.78 is 0. The molecule has 1 unspecified atom stereocenters. The lowest BCUT2D eigenvalue weighted by Crippen LogP contribution is -2.38. The van der Waals surface area contributed by atoms with Gasteiger partial charge in [-0.3, -0.25) is 9.88 Å². The molecule has 0 saturated heterocycles. The Morgan fingerprint density at radius 3 is 2.82 bits per heavy atom. The Morgan fingerprint density at radius 1 is 1.47 bits per heavy atom. The van der Waals surface area contributed by atoms with E-state index in [0.29, 0.717) is 6.04 Å². The van der Waals surface area contributed by atoms with E-state index >= 15 is 0 Å². The molecule has 1 heterocycles. The minimum absolute atomic E-state index is 0.612. The number of likely N-dealkylation sites (N-methyl/N-ethyl adjacent to an activating group) is 1. The standard InChI is InChI=1S/C14H23N3/c1-11-4-5-13(10-16-11)9-15-8-12(2)17(3)14-6-7-14/h4-5,10,12,14-15H,6-9H2,1-3H3. The lowest BCUT2D eigenvalue weighted by atomic mass is 10.2. The minimum Gasteiger partial charge on any atom is -0.311 e. The minimum atomic E-state index is 0.612. The highest BCUT2D eigenvalue weighted by atomic mass is 15.2. The molecular weight excluding hydrogens is 210 g/mol. The third kappa shape index (κ3) is 3.79. The van der Waals surface area contributed by atoms with E-state index in [9.17, 15) is 0 Å². The third-order valence-electron chi connectivity index (χ3n) is 3.56. The first-order chi connectivity index (χ1) is 8.16. The zero-order valence-corrected chi connectivity index (χ0v) is 11.1. The van der Waals surface area contributed by atoms with Gasteiger partial charge in [0.2, 0.25) is 0 Å². The van der Waals surface area contributed by atoms with Gasteiger partial charge in [0.25, 0.3) is 0 Å². The topological polar surface area (TPSA) is 28.2 Å². The monoisotopic (exact) mass is 233 g/mol. The summed E-state index contributed by atoms with van der Waals surface area (Å²) in [6.45, 7) is 6.26. The van der Waals surface area contributed by atoms with Crippen molar-refractivity contribution in [2.75, 3.05) is 13.6 Å². The van der Waals surface area contributed by atoms with Gasteiger partial charge >= 0.3 is 0 Å². The summed E-state index contributed by atoms with van der Waals surface area (Å²) in [5.74, 6) is 0. The van der Waals surface area contributed by atoms with E-state index in [4.69, 9.17) is 0 Å². The van der Waals surface area contributed by atoms with Gasteiger partial charge in [0, 0.05) is 37.1 Å². The van der Waals surface area contributed by atoms with Crippen molar-refractivity contribution in [1.82, 2.24) is 15.2 Å². The van der Waals surface area contributed by atoms with Gasteiger partial charge in [-0.2, -0.15) is 0 Å². The molecule has 0 amide bonds. The van der Waals surface area contributed by atoms with Gasteiger partial charge in [0.05, 0.1) is 0 Å². The number of pyridine rings is 1. The Labute approximate surface area is 104 Å². The molecule has 0 spiro atoms. The number of aromatic nitrogens is 1. The SMILES string of the molecule is Cc1ccc(CNCC(C)N(C)C2CC2)cn1. The molecule has 0 radical (unpaired) electrons. The summed E-state index contributed by atoms with van der Waals surface area (Å²) in [5, 5.41) is 3.50. The van der Waals surface area contributed by atoms with Gasteiger partial charge in [-0.15, -0.1) is 0 Å². The van der Waals surface area contributed by atoms with Crippen LogP contribution >= 0.6 is 0 Å². The number of hydrogen-bond acceptors (Lipinski definition) is 3. The Hall–Kier alpha value is -0.930.